The van der Waals surface area contributed by atoms with Crippen LogP contribution in [-0.4, -0.2) is 26.9 Å². The van der Waals surface area contributed by atoms with Gasteiger partial charge in [0.2, 0.25) is 0 Å². The summed E-state index contributed by atoms with van der Waals surface area (Å²) in [6.07, 6.45) is 6.26. The van der Waals surface area contributed by atoms with Crippen LogP contribution in [0.3, 0.4) is 0 Å². The number of hydrogen-bond acceptors (Lipinski definition) is 2. The van der Waals surface area contributed by atoms with E-state index in [1.54, 1.807) is 24.1 Å². The lowest BCUT2D eigenvalue weighted by Crippen LogP contribution is -2.55. The van der Waals surface area contributed by atoms with Gasteiger partial charge in [0.25, 0.3) is 5.91 Å². The topological polar surface area (TPSA) is 46.9 Å². The molecule has 1 N–H and O–H groups in total. The zero-order chi connectivity index (χ0) is 10.9. The number of amides is 1. The van der Waals surface area contributed by atoms with Crippen molar-refractivity contribution in [3.63, 3.8) is 0 Å². The van der Waals surface area contributed by atoms with Gasteiger partial charge in [-0.05, 0) is 19.3 Å². The molecule has 1 aromatic rings. The molecule has 4 nitrogen and oxygen atoms in total. The lowest BCUT2D eigenvalue weighted by molar-refractivity contribution is 0.0845. The molecule has 0 atom stereocenters. The average molecular weight is 228 g/mol. The Balaban J connectivity index is 2.07. The Labute approximate surface area is 93.6 Å². The Morgan fingerprint density at radius 3 is 2.87 bits per heavy atom. The molecule has 82 valence electrons. The number of carbonyl (C=O) groups excluding carboxylic acids is 1. The van der Waals surface area contributed by atoms with E-state index in [0.717, 1.165) is 19.3 Å². The molecule has 1 aliphatic carbocycles. The molecule has 0 aromatic carbocycles. The molecular formula is C10H14ClN3O. The van der Waals surface area contributed by atoms with Gasteiger partial charge in [0.05, 0.1) is 18.1 Å². The summed E-state index contributed by atoms with van der Waals surface area (Å²) < 4.78 is 1.70. The summed E-state index contributed by atoms with van der Waals surface area (Å²) in [6.45, 7) is 0. The second-order valence-electron chi connectivity index (χ2n) is 4.11. The molecule has 1 heterocycles. The van der Waals surface area contributed by atoms with E-state index in [1.807, 2.05) is 0 Å². The van der Waals surface area contributed by atoms with Crippen molar-refractivity contribution in [3.8, 4) is 0 Å². The van der Waals surface area contributed by atoms with E-state index in [-0.39, 0.29) is 11.4 Å². The highest BCUT2D eigenvalue weighted by molar-refractivity contribution is 6.19. The van der Waals surface area contributed by atoms with Gasteiger partial charge in [-0.1, -0.05) is 0 Å². The maximum atomic E-state index is 11.9. The molecule has 0 radical (unpaired) electrons. The second-order valence-corrected chi connectivity index (χ2v) is 4.38. The summed E-state index contributed by atoms with van der Waals surface area (Å²) >= 11 is 5.87. The van der Waals surface area contributed by atoms with E-state index in [9.17, 15) is 4.79 Å². The fourth-order valence-electron chi connectivity index (χ4n) is 1.78. The van der Waals surface area contributed by atoms with Crippen LogP contribution in [0, 0.1) is 0 Å². The Morgan fingerprint density at radius 2 is 2.47 bits per heavy atom. The first-order valence-electron chi connectivity index (χ1n) is 5.02. The van der Waals surface area contributed by atoms with E-state index in [2.05, 4.69) is 10.3 Å². The Hall–Kier alpha value is -1.03. The zero-order valence-corrected chi connectivity index (χ0v) is 9.42. The van der Waals surface area contributed by atoms with Gasteiger partial charge in [-0.3, -0.25) is 4.79 Å². The molecule has 1 aromatic heterocycles. The third-order valence-electron chi connectivity index (χ3n) is 2.99. The number of carbonyl (C=O) groups is 1. The summed E-state index contributed by atoms with van der Waals surface area (Å²) in [4.78, 5) is 15.8. The van der Waals surface area contributed by atoms with E-state index in [0.29, 0.717) is 11.6 Å². The highest BCUT2D eigenvalue weighted by Gasteiger charge is 2.37. The van der Waals surface area contributed by atoms with Crippen molar-refractivity contribution < 1.29 is 4.79 Å². The SMILES string of the molecule is Cn1cncc1C(=O)NC1(CCl)CCC1. The monoisotopic (exact) mass is 227 g/mol. The number of nitrogens with one attached hydrogen (secondary N) is 1. The predicted molar refractivity (Wildman–Crippen MR) is 58.0 cm³/mol. The molecule has 0 saturated heterocycles. The number of nitrogens with zero attached hydrogens (tertiary/aromatic N) is 2. The van der Waals surface area contributed by atoms with Crippen molar-refractivity contribution in [2.24, 2.45) is 7.05 Å². The standard InChI is InChI=1S/C10H14ClN3O/c1-14-7-12-5-8(14)9(15)13-10(6-11)3-2-4-10/h5,7H,2-4,6H2,1H3,(H,13,15). The first-order valence-corrected chi connectivity index (χ1v) is 5.55. The molecule has 2 rings (SSSR count). The first-order chi connectivity index (χ1) is 7.17. The minimum atomic E-state index is -0.178. The van der Waals surface area contributed by atoms with E-state index in [1.165, 1.54) is 0 Å². The minimum Gasteiger partial charge on any atom is -0.344 e. The molecule has 15 heavy (non-hydrogen) atoms. The summed E-state index contributed by atoms with van der Waals surface area (Å²) in [5.41, 5.74) is 0.398. The molecular weight excluding hydrogens is 214 g/mol. The van der Waals surface area contributed by atoms with Gasteiger partial charge in [-0.25, -0.2) is 4.98 Å². The number of aromatic nitrogens is 2. The van der Waals surface area contributed by atoms with Crippen LogP contribution in [0.5, 0.6) is 0 Å². The van der Waals surface area contributed by atoms with Gasteiger partial charge < -0.3 is 9.88 Å². The Morgan fingerprint density at radius 1 is 1.73 bits per heavy atom. The maximum absolute atomic E-state index is 11.9. The fourth-order valence-corrected chi connectivity index (χ4v) is 2.11. The second kappa shape index (κ2) is 3.85. The number of alkyl halides is 1. The molecule has 5 heteroatoms. The van der Waals surface area contributed by atoms with Crippen LogP contribution in [0.4, 0.5) is 0 Å². The van der Waals surface area contributed by atoms with Crippen molar-refractivity contribution >= 4 is 17.5 Å². The highest BCUT2D eigenvalue weighted by Crippen LogP contribution is 2.33. The molecule has 0 spiro atoms. The summed E-state index contributed by atoms with van der Waals surface area (Å²) in [7, 11) is 1.80. The zero-order valence-electron chi connectivity index (χ0n) is 8.66. The summed E-state index contributed by atoms with van der Waals surface area (Å²) in [5, 5.41) is 2.99. The van der Waals surface area contributed by atoms with Crippen molar-refractivity contribution in [1.29, 1.82) is 0 Å². The van der Waals surface area contributed by atoms with E-state index >= 15 is 0 Å². The van der Waals surface area contributed by atoms with Gasteiger partial charge in [-0.2, -0.15) is 0 Å². The Kier molecular flexibility index (Phi) is 2.69. The maximum Gasteiger partial charge on any atom is 0.270 e. The van der Waals surface area contributed by atoms with Crippen LogP contribution in [0.25, 0.3) is 0 Å². The third kappa shape index (κ3) is 1.86. The molecule has 1 aliphatic rings. The Bertz CT molecular complexity index is 365. The van der Waals surface area contributed by atoms with Gasteiger partial charge in [0.1, 0.15) is 5.69 Å². The van der Waals surface area contributed by atoms with Crippen molar-refractivity contribution in [3.05, 3.63) is 18.2 Å². The lowest BCUT2D eigenvalue weighted by atomic mass is 9.78. The summed E-state index contributed by atoms with van der Waals surface area (Å²) in [6, 6.07) is 0. The van der Waals surface area contributed by atoms with Crippen molar-refractivity contribution in [1.82, 2.24) is 14.9 Å². The van der Waals surface area contributed by atoms with Crippen LogP contribution in [0.2, 0.25) is 0 Å². The van der Waals surface area contributed by atoms with E-state index in [4.69, 9.17) is 11.6 Å². The first kappa shape index (κ1) is 10.5. The quantitative estimate of drug-likeness (QED) is 0.792. The predicted octanol–water partition coefficient (Wildman–Crippen LogP) is 1.31. The molecule has 1 amide bonds. The average Bonchev–Trinajstić information content (AvgIpc) is 2.58. The van der Waals surface area contributed by atoms with Crippen LogP contribution in [-0.2, 0) is 7.05 Å². The van der Waals surface area contributed by atoms with Crippen LogP contribution in [0.1, 0.15) is 29.8 Å². The van der Waals surface area contributed by atoms with Gasteiger partial charge in [-0.15, -0.1) is 11.6 Å². The summed E-state index contributed by atoms with van der Waals surface area (Å²) in [5.74, 6) is 0.395. The molecule has 0 aliphatic heterocycles. The van der Waals surface area contributed by atoms with Crippen LogP contribution in [0.15, 0.2) is 12.5 Å². The smallest absolute Gasteiger partial charge is 0.270 e. The number of imidazole rings is 1. The van der Waals surface area contributed by atoms with E-state index < -0.39 is 0 Å². The van der Waals surface area contributed by atoms with Gasteiger partial charge >= 0.3 is 0 Å². The highest BCUT2D eigenvalue weighted by atomic mass is 35.5. The largest absolute Gasteiger partial charge is 0.344 e. The lowest BCUT2D eigenvalue weighted by Gasteiger charge is -2.40. The van der Waals surface area contributed by atoms with Gasteiger partial charge in [0, 0.05) is 12.9 Å². The molecule has 1 fully saturated rings. The molecule has 0 unspecified atom stereocenters. The van der Waals surface area contributed by atoms with Crippen molar-refractivity contribution in [2.45, 2.75) is 24.8 Å². The number of hydrogen-bond donors (Lipinski definition) is 1. The van der Waals surface area contributed by atoms with Crippen LogP contribution >= 0.6 is 11.6 Å². The number of rotatable bonds is 3. The minimum absolute atomic E-state index is 0.0876. The molecule has 0 bridgehead atoms. The van der Waals surface area contributed by atoms with Crippen LogP contribution < -0.4 is 5.32 Å². The van der Waals surface area contributed by atoms with Gasteiger partial charge in [0.15, 0.2) is 0 Å². The number of aryl methyl sites for hydroxylation is 1. The number of halogens is 1. The fraction of sp³-hybridized carbons (Fsp3) is 0.600. The third-order valence-corrected chi connectivity index (χ3v) is 3.51. The molecule has 1 saturated carbocycles. The van der Waals surface area contributed by atoms with Crippen molar-refractivity contribution in [2.75, 3.05) is 5.88 Å². The normalized spacial score (nSPS) is 18.3.